The molecule has 0 aromatic heterocycles. The highest BCUT2D eigenvalue weighted by atomic mass is 19.2. The average molecular weight is 201 g/mol. The first-order valence-electron chi connectivity index (χ1n) is 4.42. The second kappa shape index (κ2) is 5.54. The SMILES string of the molecule is COCCCNc1cccc(F)c1F. The molecule has 0 unspecified atom stereocenters. The Bertz CT molecular complexity index is 291. The molecule has 0 bridgehead atoms. The van der Waals surface area contributed by atoms with Crippen LogP contribution in [0.15, 0.2) is 18.2 Å². The number of ether oxygens (including phenoxy) is 1. The third-order valence-electron chi connectivity index (χ3n) is 1.79. The Labute approximate surface area is 81.9 Å². The minimum Gasteiger partial charge on any atom is -0.385 e. The van der Waals surface area contributed by atoms with Gasteiger partial charge in [-0.1, -0.05) is 6.07 Å². The van der Waals surface area contributed by atoms with Crippen LogP contribution in [0.1, 0.15) is 6.42 Å². The van der Waals surface area contributed by atoms with Crippen molar-refractivity contribution in [3.8, 4) is 0 Å². The second-order valence-corrected chi connectivity index (χ2v) is 2.87. The summed E-state index contributed by atoms with van der Waals surface area (Å²) >= 11 is 0. The third kappa shape index (κ3) is 2.96. The zero-order valence-electron chi connectivity index (χ0n) is 8.02. The van der Waals surface area contributed by atoms with Gasteiger partial charge >= 0.3 is 0 Å². The molecule has 0 saturated carbocycles. The van der Waals surface area contributed by atoms with Crippen molar-refractivity contribution in [3.05, 3.63) is 29.8 Å². The van der Waals surface area contributed by atoms with Gasteiger partial charge in [0.25, 0.3) is 0 Å². The number of nitrogens with one attached hydrogen (secondary N) is 1. The first-order valence-corrected chi connectivity index (χ1v) is 4.42. The number of hydrogen-bond donors (Lipinski definition) is 1. The molecule has 1 rings (SSSR count). The molecule has 0 saturated heterocycles. The van der Waals surface area contributed by atoms with Crippen LogP contribution in [0.25, 0.3) is 0 Å². The summed E-state index contributed by atoms with van der Waals surface area (Å²) in [4.78, 5) is 0. The summed E-state index contributed by atoms with van der Waals surface area (Å²) in [5.41, 5.74) is 0.195. The number of rotatable bonds is 5. The molecule has 14 heavy (non-hydrogen) atoms. The lowest BCUT2D eigenvalue weighted by Gasteiger charge is -2.06. The van der Waals surface area contributed by atoms with Gasteiger partial charge in [0.15, 0.2) is 11.6 Å². The first-order chi connectivity index (χ1) is 6.75. The highest BCUT2D eigenvalue weighted by molar-refractivity contribution is 5.44. The van der Waals surface area contributed by atoms with Crippen molar-refractivity contribution in [2.24, 2.45) is 0 Å². The highest BCUT2D eigenvalue weighted by Gasteiger charge is 2.05. The topological polar surface area (TPSA) is 21.3 Å². The second-order valence-electron chi connectivity index (χ2n) is 2.87. The highest BCUT2D eigenvalue weighted by Crippen LogP contribution is 2.16. The third-order valence-corrected chi connectivity index (χ3v) is 1.79. The van der Waals surface area contributed by atoms with Crippen LogP contribution in [0.3, 0.4) is 0 Å². The molecule has 0 atom stereocenters. The zero-order valence-corrected chi connectivity index (χ0v) is 8.02. The molecule has 78 valence electrons. The maximum absolute atomic E-state index is 13.0. The van der Waals surface area contributed by atoms with Crippen molar-refractivity contribution in [3.63, 3.8) is 0 Å². The van der Waals surface area contributed by atoms with Crippen molar-refractivity contribution in [2.75, 3.05) is 25.6 Å². The van der Waals surface area contributed by atoms with Gasteiger partial charge < -0.3 is 10.1 Å². The van der Waals surface area contributed by atoms with Crippen LogP contribution >= 0.6 is 0 Å². The molecule has 1 aromatic rings. The van der Waals surface area contributed by atoms with Crippen molar-refractivity contribution >= 4 is 5.69 Å². The van der Waals surface area contributed by atoms with Gasteiger partial charge in [0.1, 0.15) is 0 Å². The van der Waals surface area contributed by atoms with Crippen molar-refractivity contribution in [1.29, 1.82) is 0 Å². The lowest BCUT2D eigenvalue weighted by atomic mass is 10.3. The fourth-order valence-electron chi connectivity index (χ4n) is 1.08. The lowest BCUT2D eigenvalue weighted by Crippen LogP contribution is -2.06. The summed E-state index contributed by atoms with van der Waals surface area (Å²) in [7, 11) is 1.60. The van der Waals surface area contributed by atoms with Gasteiger partial charge in [0.2, 0.25) is 0 Å². The molecule has 1 N–H and O–H groups in total. The largest absolute Gasteiger partial charge is 0.385 e. The van der Waals surface area contributed by atoms with Gasteiger partial charge in [-0.05, 0) is 18.6 Å². The number of anilines is 1. The fraction of sp³-hybridized carbons (Fsp3) is 0.400. The van der Waals surface area contributed by atoms with Crippen LogP contribution in [-0.4, -0.2) is 20.3 Å². The number of halogens is 2. The Hall–Kier alpha value is -1.16. The van der Waals surface area contributed by atoms with E-state index in [4.69, 9.17) is 4.74 Å². The van der Waals surface area contributed by atoms with Crippen LogP contribution in [-0.2, 0) is 4.74 Å². The molecule has 0 amide bonds. The van der Waals surface area contributed by atoms with E-state index < -0.39 is 11.6 Å². The molecule has 0 aliphatic rings. The quantitative estimate of drug-likeness (QED) is 0.738. The maximum Gasteiger partial charge on any atom is 0.181 e. The van der Waals surface area contributed by atoms with E-state index in [2.05, 4.69) is 5.32 Å². The van der Waals surface area contributed by atoms with E-state index in [0.29, 0.717) is 13.2 Å². The van der Waals surface area contributed by atoms with Crippen molar-refractivity contribution in [2.45, 2.75) is 6.42 Å². The van der Waals surface area contributed by atoms with E-state index in [1.807, 2.05) is 0 Å². The van der Waals surface area contributed by atoms with Crippen LogP contribution in [0.4, 0.5) is 14.5 Å². The van der Waals surface area contributed by atoms with E-state index in [-0.39, 0.29) is 5.69 Å². The lowest BCUT2D eigenvalue weighted by molar-refractivity contribution is 0.197. The summed E-state index contributed by atoms with van der Waals surface area (Å²) in [5.74, 6) is -1.66. The summed E-state index contributed by atoms with van der Waals surface area (Å²) in [6.07, 6.45) is 0.756. The smallest absolute Gasteiger partial charge is 0.181 e. The van der Waals surface area contributed by atoms with Gasteiger partial charge in [-0.15, -0.1) is 0 Å². The molecule has 0 spiro atoms. The Morgan fingerprint density at radius 1 is 1.36 bits per heavy atom. The van der Waals surface area contributed by atoms with Crippen LogP contribution in [0, 0.1) is 11.6 Å². The Morgan fingerprint density at radius 2 is 2.14 bits per heavy atom. The molecule has 4 heteroatoms. The van der Waals surface area contributed by atoms with E-state index in [1.54, 1.807) is 7.11 Å². The minimum atomic E-state index is -0.832. The zero-order chi connectivity index (χ0) is 10.4. The monoisotopic (exact) mass is 201 g/mol. The molecule has 0 aliphatic heterocycles. The predicted octanol–water partition coefficient (Wildman–Crippen LogP) is 2.41. The van der Waals surface area contributed by atoms with E-state index in [0.717, 1.165) is 12.5 Å². The minimum absolute atomic E-state index is 0.195. The van der Waals surface area contributed by atoms with Crippen LogP contribution in [0.2, 0.25) is 0 Å². The van der Waals surface area contributed by atoms with E-state index in [1.165, 1.54) is 12.1 Å². The Morgan fingerprint density at radius 3 is 2.86 bits per heavy atom. The van der Waals surface area contributed by atoms with Crippen LogP contribution in [0.5, 0.6) is 0 Å². The number of hydrogen-bond acceptors (Lipinski definition) is 2. The summed E-state index contributed by atoms with van der Waals surface area (Å²) in [5, 5.41) is 2.79. The maximum atomic E-state index is 13.0. The van der Waals surface area contributed by atoms with Crippen molar-refractivity contribution < 1.29 is 13.5 Å². The Kier molecular flexibility index (Phi) is 4.32. The van der Waals surface area contributed by atoms with Gasteiger partial charge in [-0.25, -0.2) is 8.78 Å². The van der Waals surface area contributed by atoms with Gasteiger partial charge in [0, 0.05) is 20.3 Å². The standard InChI is InChI=1S/C10H13F2NO/c1-14-7-3-6-13-9-5-2-4-8(11)10(9)12/h2,4-5,13H,3,6-7H2,1H3. The van der Waals surface area contributed by atoms with E-state index in [9.17, 15) is 8.78 Å². The molecule has 1 aromatic carbocycles. The van der Waals surface area contributed by atoms with Gasteiger partial charge in [0.05, 0.1) is 5.69 Å². The molecule has 0 heterocycles. The summed E-state index contributed by atoms with van der Waals surface area (Å²) in [6, 6.07) is 4.07. The molecular weight excluding hydrogens is 188 g/mol. The molecule has 0 aliphatic carbocycles. The molecule has 0 fully saturated rings. The summed E-state index contributed by atoms with van der Waals surface area (Å²) in [6.45, 7) is 1.16. The summed E-state index contributed by atoms with van der Waals surface area (Å²) < 4.78 is 30.6. The molecular formula is C10H13F2NO. The predicted molar refractivity (Wildman–Crippen MR) is 51.3 cm³/mol. The number of methoxy groups -OCH3 is 1. The van der Waals surface area contributed by atoms with E-state index >= 15 is 0 Å². The van der Waals surface area contributed by atoms with Gasteiger partial charge in [-0.2, -0.15) is 0 Å². The Balaban J connectivity index is 2.46. The van der Waals surface area contributed by atoms with Crippen LogP contribution < -0.4 is 5.32 Å². The molecule has 2 nitrogen and oxygen atoms in total. The first kappa shape index (κ1) is 10.9. The molecule has 0 radical (unpaired) electrons. The van der Waals surface area contributed by atoms with Crippen molar-refractivity contribution in [1.82, 2.24) is 0 Å². The fourth-order valence-corrected chi connectivity index (χ4v) is 1.08. The average Bonchev–Trinajstić information content (AvgIpc) is 2.19. The van der Waals surface area contributed by atoms with Gasteiger partial charge in [-0.3, -0.25) is 0 Å². The number of benzene rings is 1. The normalized spacial score (nSPS) is 10.2.